The van der Waals surface area contributed by atoms with Crippen molar-refractivity contribution in [3.05, 3.63) is 61.2 Å². The molecule has 0 fully saturated rings. The zero-order valence-electron chi connectivity index (χ0n) is 9.07. The summed E-state index contributed by atoms with van der Waals surface area (Å²) in [5.74, 6) is 0. The maximum atomic E-state index is 8.00. The van der Waals surface area contributed by atoms with Gasteiger partial charge in [-0.05, 0) is 23.3 Å². The summed E-state index contributed by atoms with van der Waals surface area (Å²) < 4.78 is 0. The van der Waals surface area contributed by atoms with Crippen LogP contribution in [0.3, 0.4) is 0 Å². The van der Waals surface area contributed by atoms with Crippen LogP contribution in [0.25, 0.3) is 10.8 Å². The minimum Gasteiger partial charge on any atom is -0.307 e. The average Bonchev–Trinajstić information content (AvgIpc) is 2.35. The van der Waals surface area contributed by atoms with Crippen LogP contribution in [0.15, 0.2) is 55.6 Å². The van der Waals surface area contributed by atoms with Gasteiger partial charge in [0.2, 0.25) is 0 Å². The quantitative estimate of drug-likeness (QED) is 0.592. The van der Waals surface area contributed by atoms with Crippen molar-refractivity contribution in [3.8, 4) is 0 Å². The maximum absolute atomic E-state index is 8.00. The molecule has 2 aromatic rings. The zero-order chi connectivity index (χ0) is 11.7. The lowest BCUT2D eigenvalue weighted by molar-refractivity contribution is -0.0979. The molecule has 2 rings (SSSR count). The predicted octanol–water partition coefficient (Wildman–Crippen LogP) is 3.77. The van der Waals surface area contributed by atoms with E-state index in [1.165, 1.54) is 16.3 Å². The van der Waals surface area contributed by atoms with E-state index in [1.807, 2.05) is 6.79 Å². The van der Waals surface area contributed by atoms with E-state index in [2.05, 4.69) is 62.5 Å². The lowest BCUT2D eigenvalue weighted by Gasteiger charge is -1.98. The maximum Gasteiger partial charge on any atom is 0.106 e. The van der Waals surface area contributed by atoms with Gasteiger partial charge in [0.05, 0.1) is 0 Å². The Labute approximate surface area is 91.1 Å². The first-order valence-corrected chi connectivity index (χ1v) is 4.61. The predicted molar refractivity (Wildman–Crippen MR) is 67.1 cm³/mol. The van der Waals surface area contributed by atoms with Gasteiger partial charge in [-0.3, -0.25) is 0 Å². The van der Waals surface area contributed by atoms with Crippen LogP contribution in [0, 0.1) is 6.92 Å². The second kappa shape index (κ2) is 7.51. The fourth-order valence-electron chi connectivity index (χ4n) is 1.39. The summed E-state index contributed by atoms with van der Waals surface area (Å²) in [4.78, 5) is 8.00. The summed E-state index contributed by atoms with van der Waals surface area (Å²) in [6.45, 7) is 10.1. The molecule has 0 heterocycles. The third kappa shape index (κ3) is 3.39. The van der Waals surface area contributed by atoms with E-state index in [1.54, 1.807) is 0 Å². The number of fused-ring (bicyclic) bond motifs is 1. The van der Waals surface area contributed by atoms with Gasteiger partial charge in [0, 0.05) is 0 Å². The van der Waals surface area contributed by atoms with Gasteiger partial charge in [0.15, 0.2) is 0 Å². The second-order valence-corrected chi connectivity index (χ2v) is 2.80. The summed E-state index contributed by atoms with van der Waals surface area (Å²) in [5, 5.41) is 2.68. The molecule has 0 atom stereocenters. The molecule has 1 nitrogen and oxygen atoms in total. The number of carbonyl (C=O) groups excluding carboxylic acids is 1. The monoisotopic (exact) mass is 200 g/mol. The van der Waals surface area contributed by atoms with Crippen LogP contribution in [0.2, 0.25) is 0 Å². The molecule has 0 aliphatic heterocycles. The average molecular weight is 200 g/mol. The van der Waals surface area contributed by atoms with Crippen LogP contribution in [-0.2, 0) is 4.79 Å². The minimum absolute atomic E-state index is 1.33. The molecule has 15 heavy (non-hydrogen) atoms. The van der Waals surface area contributed by atoms with Gasteiger partial charge in [-0.2, -0.15) is 0 Å². The Balaban J connectivity index is 0.000000442. The van der Waals surface area contributed by atoms with Crippen LogP contribution in [0.1, 0.15) is 5.56 Å². The molecular formula is C14H16O. The van der Waals surface area contributed by atoms with Gasteiger partial charge in [-0.15, -0.1) is 13.2 Å². The Bertz CT molecular complexity index is 400. The lowest BCUT2D eigenvalue weighted by Crippen LogP contribution is -1.75. The molecule has 0 bridgehead atoms. The molecule has 0 unspecified atom stereocenters. The highest BCUT2D eigenvalue weighted by Gasteiger charge is 1.91. The van der Waals surface area contributed by atoms with E-state index in [-0.39, 0.29) is 0 Å². The topological polar surface area (TPSA) is 17.1 Å². The van der Waals surface area contributed by atoms with Crippen LogP contribution in [-0.4, -0.2) is 6.79 Å². The standard InChI is InChI=1S/C11H10.C2H4.CH2O/c1-9-5-4-7-10-6-2-3-8-11(9)10;2*1-2/h2-8H,1H3;1-2H2;1H2. The summed E-state index contributed by atoms with van der Waals surface area (Å²) in [6.07, 6.45) is 0. The highest BCUT2D eigenvalue weighted by molar-refractivity contribution is 5.85. The second-order valence-electron chi connectivity index (χ2n) is 2.80. The summed E-state index contributed by atoms with van der Waals surface area (Å²) in [6, 6.07) is 14.8. The third-order valence-electron chi connectivity index (χ3n) is 2.01. The molecule has 0 amide bonds. The number of aryl methyl sites for hydroxylation is 1. The fraction of sp³-hybridized carbons (Fsp3) is 0.0714. The Morgan fingerprint density at radius 3 is 2.00 bits per heavy atom. The van der Waals surface area contributed by atoms with Gasteiger partial charge < -0.3 is 4.79 Å². The molecule has 0 aliphatic rings. The Hall–Kier alpha value is -1.89. The molecule has 0 aliphatic carbocycles. The lowest BCUT2D eigenvalue weighted by atomic mass is 10.1. The van der Waals surface area contributed by atoms with E-state index in [4.69, 9.17) is 4.79 Å². The first kappa shape index (κ1) is 13.1. The first-order valence-electron chi connectivity index (χ1n) is 4.61. The summed E-state index contributed by atoms with van der Waals surface area (Å²) in [7, 11) is 0. The number of rotatable bonds is 0. The van der Waals surface area contributed by atoms with Crippen molar-refractivity contribution in [1.82, 2.24) is 0 Å². The van der Waals surface area contributed by atoms with Gasteiger partial charge in [-0.25, -0.2) is 0 Å². The molecule has 78 valence electrons. The molecule has 0 saturated heterocycles. The van der Waals surface area contributed by atoms with Crippen LogP contribution in [0.4, 0.5) is 0 Å². The highest BCUT2D eigenvalue weighted by Crippen LogP contribution is 2.16. The van der Waals surface area contributed by atoms with Crippen molar-refractivity contribution in [2.24, 2.45) is 0 Å². The normalized spacial score (nSPS) is 8.07. The minimum atomic E-state index is 1.33. The van der Waals surface area contributed by atoms with Crippen LogP contribution in [0.5, 0.6) is 0 Å². The Morgan fingerprint density at radius 2 is 1.40 bits per heavy atom. The molecule has 0 radical (unpaired) electrons. The van der Waals surface area contributed by atoms with Crippen LogP contribution >= 0.6 is 0 Å². The van der Waals surface area contributed by atoms with Gasteiger partial charge >= 0.3 is 0 Å². The van der Waals surface area contributed by atoms with E-state index in [9.17, 15) is 0 Å². The van der Waals surface area contributed by atoms with E-state index < -0.39 is 0 Å². The number of benzene rings is 2. The number of hydrogen-bond acceptors (Lipinski definition) is 1. The molecule has 0 spiro atoms. The smallest absolute Gasteiger partial charge is 0.106 e. The van der Waals surface area contributed by atoms with Crippen molar-refractivity contribution in [3.63, 3.8) is 0 Å². The number of hydrogen-bond donors (Lipinski definition) is 0. The van der Waals surface area contributed by atoms with E-state index in [0.29, 0.717) is 0 Å². The molecule has 1 heteroatoms. The highest BCUT2D eigenvalue weighted by atomic mass is 16.1. The van der Waals surface area contributed by atoms with Gasteiger partial charge in [0.1, 0.15) is 6.79 Å². The summed E-state index contributed by atoms with van der Waals surface area (Å²) in [5.41, 5.74) is 1.35. The van der Waals surface area contributed by atoms with Gasteiger partial charge in [-0.1, -0.05) is 42.5 Å². The van der Waals surface area contributed by atoms with E-state index >= 15 is 0 Å². The van der Waals surface area contributed by atoms with E-state index in [0.717, 1.165) is 0 Å². The largest absolute Gasteiger partial charge is 0.307 e. The fourth-order valence-corrected chi connectivity index (χ4v) is 1.39. The molecule has 0 aromatic heterocycles. The van der Waals surface area contributed by atoms with Gasteiger partial charge in [0.25, 0.3) is 0 Å². The SMILES string of the molecule is C=C.C=O.Cc1cccc2ccccc12. The Morgan fingerprint density at radius 1 is 0.867 bits per heavy atom. The molecule has 2 aromatic carbocycles. The zero-order valence-corrected chi connectivity index (χ0v) is 9.07. The number of carbonyl (C=O) groups is 1. The van der Waals surface area contributed by atoms with Crippen molar-refractivity contribution < 1.29 is 4.79 Å². The first-order chi connectivity index (χ1) is 7.38. The molecule has 0 N–H and O–H groups in total. The summed E-state index contributed by atoms with van der Waals surface area (Å²) >= 11 is 0. The third-order valence-corrected chi connectivity index (χ3v) is 2.01. The van der Waals surface area contributed by atoms with Crippen molar-refractivity contribution in [1.29, 1.82) is 0 Å². The van der Waals surface area contributed by atoms with Crippen molar-refractivity contribution in [2.45, 2.75) is 6.92 Å². The molecular weight excluding hydrogens is 184 g/mol. The molecule has 0 saturated carbocycles. The van der Waals surface area contributed by atoms with Crippen LogP contribution < -0.4 is 0 Å². The van der Waals surface area contributed by atoms with Crippen molar-refractivity contribution >= 4 is 17.6 Å². The Kier molecular flexibility index (Phi) is 6.56. The van der Waals surface area contributed by atoms with Crippen molar-refractivity contribution in [2.75, 3.05) is 0 Å².